The van der Waals surface area contributed by atoms with Crippen molar-refractivity contribution in [3.05, 3.63) is 23.6 Å². The van der Waals surface area contributed by atoms with Gasteiger partial charge in [-0.2, -0.15) is 13.2 Å². The molecule has 1 heterocycles. The van der Waals surface area contributed by atoms with Gasteiger partial charge in [0, 0.05) is 19.0 Å². The van der Waals surface area contributed by atoms with Crippen molar-refractivity contribution in [1.82, 2.24) is 10.5 Å². The smallest absolute Gasteiger partial charge is 0.475 e. The monoisotopic (exact) mass is 465 g/mol. The quantitative estimate of drug-likeness (QED) is 0.472. The number of nitrogens with one attached hydrogen (secondary N) is 1. The van der Waals surface area contributed by atoms with Crippen molar-refractivity contribution in [3.63, 3.8) is 0 Å². The van der Waals surface area contributed by atoms with Crippen LogP contribution in [0.25, 0.3) is 5.57 Å². The zero-order valence-electron chi connectivity index (χ0n) is 17.7. The van der Waals surface area contributed by atoms with Gasteiger partial charge in [0.1, 0.15) is 5.69 Å². The lowest BCUT2D eigenvalue weighted by atomic mass is 9.87. The molecule has 0 saturated heterocycles. The molecule has 0 bridgehead atoms. The molecular formula is C19H26F3N3O7. The summed E-state index contributed by atoms with van der Waals surface area (Å²) >= 11 is 0. The SMILES string of the molecule is CCC(CC)O[C@@H]1C=C(c2cc(C(=O)O)on2)C[C@H](N)[C@H]1NC(C)=O.O=C(O)C(F)(F)F. The Morgan fingerprint density at radius 2 is 1.88 bits per heavy atom. The summed E-state index contributed by atoms with van der Waals surface area (Å²) in [4.78, 5) is 31.4. The Kier molecular flexibility index (Phi) is 9.84. The molecule has 1 aromatic rings. The third-order valence-electron chi connectivity index (χ3n) is 4.56. The Bertz CT molecular complexity index is 834. The molecule has 0 aliphatic heterocycles. The van der Waals surface area contributed by atoms with Crippen LogP contribution < -0.4 is 11.1 Å². The highest BCUT2D eigenvalue weighted by Crippen LogP contribution is 2.29. The third-order valence-corrected chi connectivity index (χ3v) is 4.56. The van der Waals surface area contributed by atoms with Crippen LogP contribution in [-0.2, 0) is 14.3 Å². The van der Waals surface area contributed by atoms with Crippen LogP contribution in [0.1, 0.15) is 56.3 Å². The summed E-state index contributed by atoms with van der Waals surface area (Å²) in [5.74, 6) is -4.34. The molecule has 0 fully saturated rings. The van der Waals surface area contributed by atoms with Gasteiger partial charge in [-0.25, -0.2) is 9.59 Å². The normalized spacial score (nSPS) is 20.8. The molecule has 3 atom stereocenters. The number of aromatic nitrogens is 1. The number of carboxylic acid groups (broad SMARTS) is 2. The predicted molar refractivity (Wildman–Crippen MR) is 105 cm³/mol. The third kappa shape index (κ3) is 7.96. The van der Waals surface area contributed by atoms with Gasteiger partial charge < -0.3 is 30.5 Å². The number of ether oxygens (including phenoxy) is 1. The number of amides is 1. The second-order valence-corrected chi connectivity index (χ2v) is 7.01. The number of carbonyl (C=O) groups excluding carboxylic acids is 1. The number of carbonyl (C=O) groups is 3. The molecule has 10 nitrogen and oxygen atoms in total. The second-order valence-electron chi connectivity index (χ2n) is 7.01. The Hall–Kier alpha value is -2.93. The highest BCUT2D eigenvalue weighted by molar-refractivity contribution is 5.85. The summed E-state index contributed by atoms with van der Waals surface area (Å²) in [7, 11) is 0. The van der Waals surface area contributed by atoms with Gasteiger partial charge in [-0.1, -0.05) is 19.0 Å². The van der Waals surface area contributed by atoms with E-state index in [9.17, 15) is 22.8 Å². The van der Waals surface area contributed by atoms with Crippen molar-refractivity contribution < 1.29 is 47.0 Å². The molecule has 0 saturated carbocycles. The molecule has 0 aromatic carbocycles. The summed E-state index contributed by atoms with van der Waals surface area (Å²) in [6.45, 7) is 5.51. The van der Waals surface area contributed by atoms with Gasteiger partial charge in [-0.05, 0) is 30.9 Å². The van der Waals surface area contributed by atoms with E-state index in [1.165, 1.54) is 13.0 Å². The standard InChI is InChI=1S/C17H25N3O5.C2HF3O2/c1-4-11(5-2)24-14-7-10(6-12(18)16(14)19-9(3)21)13-8-15(17(22)23)25-20-13;3-2(4,5)1(6)7/h7-8,11-12,14,16H,4-6,18H2,1-3H3,(H,19,21)(H,22,23);(H,6,7)/t12-,14+,16+;/m0./s1. The van der Waals surface area contributed by atoms with Crippen LogP contribution in [0.4, 0.5) is 13.2 Å². The summed E-state index contributed by atoms with van der Waals surface area (Å²) < 4.78 is 42.7. The van der Waals surface area contributed by atoms with Gasteiger partial charge in [0.15, 0.2) is 0 Å². The summed E-state index contributed by atoms with van der Waals surface area (Å²) in [5, 5.41) is 22.8. The first kappa shape index (κ1) is 27.1. The van der Waals surface area contributed by atoms with Crippen molar-refractivity contribution in [2.24, 2.45) is 5.73 Å². The number of nitrogens with zero attached hydrogens (tertiary/aromatic N) is 1. The van der Waals surface area contributed by atoms with Gasteiger partial charge in [-0.3, -0.25) is 4.79 Å². The first-order valence-corrected chi connectivity index (χ1v) is 9.69. The van der Waals surface area contributed by atoms with Gasteiger partial charge in [0.25, 0.3) is 0 Å². The second kappa shape index (κ2) is 11.6. The van der Waals surface area contributed by atoms with Crippen LogP contribution in [0.5, 0.6) is 0 Å². The first-order valence-electron chi connectivity index (χ1n) is 9.69. The van der Waals surface area contributed by atoms with Gasteiger partial charge in [-0.15, -0.1) is 0 Å². The summed E-state index contributed by atoms with van der Waals surface area (Å²) in [5.41, 5.74) is 7.43. The molecular weight excluding hydrogens is 439 g/mol. The van der Waals surface area contributed by atoms with Crippen molar-refractivity contribution in [1.29, 1.82) is 0 Å². The molecule has 1 aromatic heterocycles. The minimum Gasteiger partial charge on any atom is -0.475 e. The number of halogens is 3. The van der Waals surface area contributed by atoms with Crippen LogP contribution in [0.2, 0.25) is 0 Å². The first-order chi connectivity index (χ1) is 14.8. The molecule has 180 valence electrons. The van der Waals surface area contributed by atoms with E-state index in [-0.39, 0.29) is 29.9 Å². The highest BCUT2D eigenvalue weighted by atomic mass is 19.4. The van der Waals surface area contributed by atoms with E-state index >= 15 is 0 Å². The zero-order valence-corrected chi connectivity index (χ0v) is 17.7. The lowest BCUT2D eigenvalue weighted by Gasteiger charge is -2.36. The van der Waals surface area contributed by atoms with Crippen molar-refractivity contribution in [3.8, 4) is 0 Å². The fraction of sp³-hybridized carbons (Fsp3) is 0.579. The van der Waals surface area contributed by atoms with Crippen LogP contribution >= 0.6 is 0 Å². The van der Waals surface area contributed by atoms with Crippen LogP contribution in [0.15, 0.2) is 16.7 Å². The number of carboxylic acids is 2. The van der Waals surface area contributed by atoms with Crippen LogP contribution in [-0.4, -0.2) is 63.7 Å². The van der Waals surface area contributed by atoms with E-state index in [1.807, 2.05) is 19.9 Å². The fourth-order valence-corrected chi connectivity index (χ4v) is 2.96. The number of hydrogen-bond acceptors (Lipinski definition) is 7. The number of nitrogens with two attached hydrogens (primary N) is 1. The molecule has 5 N–H and O–H groups in total. The average molecular weight is 465 g/mol. The molecule has 0 spiro atoms. The minimum absolute atomic E-state index is 0.0379. The number of rotatable bonds is 7. The average Bonchev–Trinajstić information content (AvgIpc) is 3.18. The number of aliphatic carboxylic acids is 1. The number of aromatic carboxylic acids is 1. The lowest BCUT2D eigenvalue weighted by molar-refractivity contribution is -0.192. The van der Waals surface area contributed by atoms with Crippen molar-refractivity contribution in [2.45, 2.75) is 70.5 Å². The molecule has 1 aliphatic rings. The number of alkyl halides is 3. The highest BCUT2D eigenvalue weighted by Gasteiger charge is 2.38. The topological polar surface area (TPSA) is 165 Å². The minimum atomic E-state index is -5.08. The largest absolute Gasteiger partial charge is 0.490 e. The van der Waals surface area contributed by atoms with Crippen LogP contribution in [0.3, 0.4) is 0 Å². The van der Waals surface area contributed by atoms with Gasteiger partial charge in [0.05, 0.1) is 18.2 Å². The van der Waals surface area contributed by atoms with Gasteiger partial charge >= 0.3 is 18.1 Å². The molecule has 1 aliphatic carbocycles. The van der Waals surface area contributed by atoms with Crippen LogP contribution in [0, 0.1) is 0 Å². The molecule has 13 heteroatoms. The maximum Gasteiger partial charge on any atom is 0.490 e. The fourth-order valence-electron chi connectivity index (χ4n) is 2.96. The van der Waals surface area contributed by atoms with E-state index in [2.05, 4.69) is 10.5 Å². The summed E-state index contributed by atoms with van der Waals surface area (Å²) in [6, 6.07) is 0.634. The molecule has 2 rings (SSSR count). The Morgan fingerprint density at radius 1 is 1.31 bits per heavy atom. The van der Waals surface area contributed by atoms with Crippen molar-refractivity contribution >= 4 is 23.4 Å². The predicted octanol–water partition coefficient (Wildman–Crippen LogP) is 2.20. The van der Waals surface area contributed by atoms with E-state index in [0.717, 1.165) is 18.4 Å². The maximum absolute atomic E-state index is 11.5. The van der Waals surface area contributed by atoms with Gasteiger partial charge in [0.2, 0.25) is 11.7 Å². The Morgan fingerprint density at radius 3 is 2.28 bits per heavy atom. The maximum atomic E-state index is 11.5. The van der Waals surface area contributed by atoms with E-state index in [0.29, 0.717) is 12.1 Å². The lowest BCUT2D eigenvalue weighted by Crippen LogP contribution is -2.56. The summed E-state index contributed by atoms with van der Waals surface area (Å²) in [6.07, 6.45) is -1.50. The Labute approximate surface area is 181 Å². The van der Waals surface area contributed by atoms with E-state index < -0.39 is 24.2 Å². The Balaban J connectivity index is 0.000000633. The molecule has 0 radical (unpaired) electrons. The number of hydrogen-bond donors (Lipinski definition) is 4. The zero-order chi connectivity index (χ0) is 24.6. The molecule has 1 amide bonds. The van der Waals surface area contributed by atoms with E-state index in [1.54, 1.807) is 0 Å². The van der Waals surface area contributed by atoms with Crippen molar-refractivity contribution in [2.75, 3.05) is 0 Å². The molecule has 0 unspecified atom stereocenters. The van der Waals surface area contributed by atoms with E-state index in [4.69, 9.17) is 30.0 Å². The molecule has 32 heavy (non-hydrogen) atoms.